The highest BCUT2D eigenvalue weighted by atomic mass is 32.1. The van der Waals surface area contributed by atoms with E-state index in [4.69, 9.17) is 17.0 Å². The van der Waals surface area contributed by atoms with Crippen molar-refractivity contribution in [3.8, 4) is 0 Å². The van der Waals surface area contributed by atoms with E-state index in [1.807, 2.05) is 15.6 Å². The van der Waals surface area contributed by atoms with Gasteiger partial charge in [0.1, 0.15) is 6.33 Å². The minimum absolute atomic E-state index is 0.672. The number of hydrogen-bond acceptors (Lipinski definition) is 4. The molecule has 23 heavy (non-hydrogen) atoms. The number of aromatic nitrogens is 3. The van der Waals surface area contributed by atoms with Crippen molar-refractivity contribution in [1.29, 1.82) is 0 Å². The molecule has 0 N–H and O–H groups in total. The lowest BCUT2D eigenvalue weighted by atomic mass is 9.54. The number of rotatable bonds is 6. The van der Waals surface area contributed by atoms with Crippen LogP contribution in [-0.4, -0.2) is 46.1 Å². The molecule has 4 saturated carbocycles. The first-order valence-corrected chi connectivity index (χ1v) is 9.38. The third kappa shape index (κ3) is 2.89. The summed E-state index contributed by atoms with van der Waals surface area (Å²) in [6.07, 6.45) is 9.17. The zero-order chi connectivity index (χ0) is 16.0. The molecule has 1 aromatic heterocycles. The van der Waals surface area contributed by atoms with Gasteiger partial charge in [0.05, 0.1) is 13.3 Å². The molecule has 0 aliphatic heterocycles. The summed E-state index contributed by atoms with van der Waals surface area (Å²) in [6.45, 7) is 2.26. The second-order valence-electron chi connectivity index (χ2n) is 7.92. The number of methoxy groups -OCH3 is 1. The molecule has 4 fully saturated rings. The van der Waals surface area contributed by atoms with Gasteiger partial charge in [0.2, 0.25) is 0 Å². The quantitative estimate of drug-likeness (QED) is 0.748. The first-order chi connectivity index (χ1) is 11.2. The van der Waals surface area contributed by atoms with E-state index in [1.54, 1.807) is 7.11 Å². The Morgan fingerprint density at radius 1 is 1.22 bits per heavy atom. The molecule has 5 rings (SSSR count). The van der Waals surface area contributed by atoms with Crippen molar-refractivity contribution in [2.45, 2.75) is 51.4 Å². The molecule has 0 atom stereocenters. The molecule has 1 heterocycles. The predicted octanol–water partition coefficient (Wildman–Crippen LogP) is 2.77. The van der Waals surface area contributed by atoms with E-state index < -0.39 is 0 Å². The van der Waals surface area contributed by atoms with Gasteiger partial charge in [-0.05, 0) is 75.0 Å². The van der Waals surface area contributed by atoms with Crippen LogP contribution in [0, 0.1) is 28.4 Å². The Morgan fingerprint density at radius 3 is 2.48 bits per heavy atom. The largest absolute Gasteiger partial charge is 0.383 e. The van der Waals surface area contributed by atoms with Gasteiger partial charge >= 0.3 is 0 Å². The number of ether oxygens (including phenoxy) is 1. The molecule has 0 amide bonds. The molecule has 0 aromatic carbocycles. The van der Waals surface area contributed by atoms with Crippen LogP contribution < -0.4 is 0 Å². The average molecular weight is 337 g/mol. The van der Waals surface area contributed by atoms with Crippen LogP contribution in [0.15, 0.2) is 6.33 Å². The second-order valence-corrected chi connectivity index (χ2v) is 8.28. The van der Waals surface area contributed by atoms with E-state index in [9.17, 15) is 0 Å². The second kappa shape index (κ2) is 6.30. The fourth-order valence-corrected chi connectivity index (χ4v) is 5.98. The van der Waals surface area contributed by atoms with Gasteiger partial charge in [0.25, 0.3) is 0 Å². The fraction of sp³-hybridized carbons (Fsp3) is 0.882. The maximum atomic E-state index is 5.57. The Morgan fingerprint density at radius 2 is 1.87 bits per heavy atom. The molecule has 0 radical (unpaired) electrons. The zero-order valence-corrected chi connectivity index (χ0v) is 15.0. The first-order valence-electron chi connectivity index (χ1n) is 8.97. The standard InChI is InChI=1S/C17H28N4OS/c1-19(11-21-17(23)20(10-18-21)3-4-22-2)16-14-6-12-5-13(8-14)9-15(16)7-12/h10,12-16H,3-9,11H2,1-2H3. The van der Waals surface area contributed by atoms with Crippen molar-refractivity contribution in [2.75, 3.05) is 20.8 Å². The Hall–Kier alpha value is -0.720. The molecule has 6 heteroatoms. The van der Waals surface area contributed by atoms with Gasteiger partial charge in [-0.2, -0.15) is 5.10 Å². The Balaban J connectivity index is 1.45. The topological polar surface area (TPSA) is 35.2 Å². The van der Waals surface area contributed by atoms with E-state index in [2.05, 4.69) is 17.0 Å². The van der Waals surface area contributed by atoms with Gasteiger partial charge < -0.3 is 9.30 Å². The monoisotopic (exact) mass is 336 g/mol. The van der Waals surface area contributed by atoms with Gasteiger partial charge in [-0.15, -0.1) is 0 Å². The fourth-order valence-electron chi connectivity index (χ4n) is 5.73. The summed E-state index contributed by atoms with van der Waals surface area (Å²) in [5.74, 6) is 3.86. The third-order valence-electron chi connectivity index (χ3n) is 6.38. The Labute approximate surface area is 143 Å². The highest BCUT2D eigenvalue weighted by Gasteiger charge is 2.49. The number of nitrogens with zero attached hydrogens (tertiary/aromatic N) is 4. The molecule has 0 spiro atoms. The normalized spacial score (nSPS) is 35.3. The molecular formula is C17H28N4OS. The molecule has 4 aliphatic rings. The lowest BCUT2D eigenvalue weighted by Gasteiger charge is -2.56. The van der Waals surface area contributed by atoms with Crippen LogP contribution in [0.4, 0.5) is 0 Å². The zero-order valence-electron chi connectivity index (χ0n) is 14.2. The minimum atomic E-state index is 0.672. The highest BCUT2D eigenvalue weighted by molar-refractivity contribution is 7.71. The van der Waals surface area contributed by atoms with E-state index in [1.165, 1.54) is 32.1 Å². The Bertz CT molecular complexity index is 582. The molecule has 1 aromatic rings. The summed E-state index contributed by atoms with van der Waals surface area (Å²) in [6, 6.07) is 0.730. The maximum absolute atomic E-state index is 5.57. The van der Waals surface area contributed by atoms with Gasteiger partial charge in [0, 0.05) is 19.7 Å². The van der Waals surface area contributed by atoms with Crippen LogP contribution >= 0.6 is 12.2 Å². The summed E-state index contributed by atoms with van der Waals surface area (Å²) < 4.78 is 9.91. The van der Waals surface area contributed by atoms with Gasteiger partial charge in [-0.1, -0.05) is 0 Å². The van der Waals surface area contributed by atoms with Crippen molar-refractivity contribution in [2.24, 2.45) is 23.7 Å². The molecule has 5 nitrogen and oxygen atoms in total. The van der Waals surface area contributed by atoms with Gasteiger partial charge in [0.15, 0.2) is 4.77 Å². The predicted molar refractivity (Wildman–Crippen MR) is 91.5 cm³/mol. The summed E-state index contributed by atoms with van der Waals surface area (Å²) >= 11 is 5.57. The lowest BCUT2D eigenvalue weighted by Crippen LogP contribution is -2.55. The molecule has 4 bridgehead atoms. The molecule has 4 aliphatic carbocycles. The lowest BCUT2D eigenvalue weighted by molar-refractivity contribution is -0.0669. The molecule has 0 unspecified atom stereocenters. The Kier molecular flexibility index (Phi) is 4.32. The van der Waals surface area contributed by atoms with Gasteiger partial charge in [-0.25, -0.2) is 4.68 Å². The van der Waals surface area contributed by atoms with Crippen LogP contribution in [-0.2, 0) is 18.0 Å². The number of hydrogen-bond donors (Lipinski definition) is 0. The third-order valence-corrected chi connectivity index (χ3v) is 6.82. The smallest absolute Gasteiger partial charge is 0.198 e. The SMILES string of the molecule is COCCn1cnn(CN(C)C2C3CC4CC(C3)CC2C4)c1=S. The van der Waals surface area contributed by atoms with Crippen molar-refractivity contribution >= 4 is 12.2 Å². The minimum Gasteiger partial charge on any atom is -0.383 e. The molecular weight excluding hydrogens is 308 g/mol. The molecule has 128 valence electrons. The van der Waals surface area contributed by atoms with Crippen LogP contribution in [0.25, 0.3) is 0 Å². The van der Waals surface area contributed by atoms with Gasteiger partial charge in [-0.3, -0.25) is 4.90 Å². The highest BCUT2D eigenvalue weighted by Crippen LogP contribution is 2.54. The van der Waals surface area contributed by atoms with Crippen molar-refractivity contribution in [3.05, 3.63) is 11.1 Å². The van der Waals surface area contributed by atoms with Crippen molar-refractivity contribution in [3.63, 3.8) is 0 Å². The van der Waals surface area contributed by atoms with E-state index in [0.29, 0.717) is 6.61 Å². The maximum Gasteiger partial charge on any atom is 0.198 e. The van der Waals surface area contributed by atoms with Crippen molar-refractivity contribution < 1.29 is 4.74 Å². The summed E-state index contributed by atoms with van der Waals surface area (Å²) in [5, 5.41) is 4.50. The van der Waals surface area contributed by atoms with Crippen LogP contribution in [0.5, 0.6) is 0 Å². The van der Waals surface area contributed by atoms with E-state index in [0.717, 1.165) is 47.7 Å². The van der Waals surface area contributed by atoms with E-state index >= 15 is 0 Å². The van der Waals surface area contributed by atoms with Crippen molar-refractivity contribution in [1.82, 2.24) is 19.2 Å². The molecule has 0 saturated heterocycles. The first kappa shape index (κ1) is 15.8. The summed E-state index contributed by atoms with van der Waals surface area (Å²) in [5.41, 5.74) is 0. The van der Waals surface area contributed by atoms with Crippen LogP contribution in [0.1, 0.15) is 32.1 Å². The summed E-state index contributed by atoms with van der Waals surface area (Å²) in [7, 11) is 3.98. The average Bonchev–Trinajstić information content (AvgIpc) is 2.84. The summed E-state index contributed by atoms with van der Waals surface area (Å²) in [4.78, 5) is 2.52. The van der Waals surface area contributed by atoms with Crippen LogP contribution in [0.3, 0.4) is 0 Å². The van der Waals surface area contributed by atoms with Crippen LogP contribution in [0.2, 0.25) is 0 Å². The van der Waals surface area contributed by atoms with E-state index in [-0.39, 0.29) is 0 Å².